The summed E-state index contributed by atoms with van der Waals surface area (Å²) in [6, 6.07) is 7.07. The van der Waals surface area contributed by atoms with Crippen molar-refractivity contribution in [1.82, 2.24) is 9.88 Å². The lowest BCUT2D eigenvalue weighted by molar-refractivity contribution is 0.0747. The first-order valence-corrected chi connectivity index (χ1v) is 11.6. The topological polar surface area (TPSA) is 82.6 Å². The fourth-order valence-electron chi connectivity index (χ4n) is 3.32. The molecule has 7 nitrogen and oxygen atoms in total. The molecule has 0 spiro atoms. The molecule has 0 atom stereocenters. The van der Waals surface area contributed by atoms with E-state index in [9.17, 15) is 13.2 Å². The highest BCUT2D eigenvalue weighted by molar-refractivity contribution is 9.10. The van der Waals surface area contributed by atoms with Gasteiger partial charge in [-0.3, -0.25) is 9.52 Å². The molecular weight excluding hydrogens is 444 g/mol. The summed E-state index contributed by atoms with van der Waals surface area (Å²) in [5.41, 5.74) is 2.86. The van der Waals surface area contributed by atoms with Gasteiger partial charge in [-0.05, 0) is 43.2 Å². The van der Waals surface area contributed by atoms with E-state index < -0.39 is 10.0 Å². The number of aromatic nitrogens is 1. The number of hydrogen-bond donors (Lipinski definition) is 1. The number of benzene rings is 1. The monoisotopic (exact) mass is 466 g/mol. The summed E-state index contributed by atoms with van der Waals surface area (Å²) in [6.45, 7) is 6.49. The number of carbonyl (C=O) groups excluding carboxylic acids is 1. The smallest absolute Gasteiger partial charge is 0.256 e. The van der Waals surface area contributed by atoms with Crippen molar-refractivity contribution in [3.05, 3.63) is 51.6 Å². The van der Waals surface area contributed by atoms with E-state index in [-0.39, 0.29) is 11.6 Å². The first-order chi connectivity index (χ1) is 13.1. The quantitative estimate of drug-likeness (QED) is 0.748. The van der Waals surface area contributed by atoms with E-state index >= 15 is 0 Å². The van der Waals surface area contributed by atoms with Crippen molar-refractivity contribution < 1.29 is 13.2 Å². The van der Waals surface area contributed by atoms with E-state index in [0.717, 1.165) is 23.2 Å². The van der Waals surface area contributed by atoms with Gasteiger partial charge in [-0.1, -0.05) is 22.0 Å². The van der Waals surface area contributed by atoms with Gasteiger partial charge in [0.2, 0.25) is 10.0 Å². The van der Waals surface area contributed by atoms with Gasteiger partial charge in [-0.25, -0.2) is 13.4 Å². The van der Waals surface area contributed by atoms with Gasteiger partial charge < -0.3 is 9.80 Å². The van der Waals surface area contributed by atoms with Crippen LogP contribution in [-0.2, 0) is 10.0 Å². The van der Waals surface area contributed by atoms with Crippen LogP contribution in [0.15, 0.2) is 34.9 Å². The lowest BCUT2D eigenvalue weighted by Crippen LogP contribution is -2.49. The second-order valence-corrected chi connectivity index (χ2v) is 9.66. The van der Waals surface area contributed by atoms with Gasteiger partial charge in [0.15, 0.2) is 0 Å². The Kier molecular flexibility index (Phi) is 5.95. The molecule has 2 aromatic rings. The van der Waals surface area contributed by atoms with Gasteiger partial charge in [0.25, 0.3) is 5.91 Å². The van der Waals surface area contributed by atoms with Crippen LogP contribution in [0.3, 0.4) is 0 Å². The standard InChI is InChI=1S/C19H23BrN4O3S/c1-13-10-14(2)18(21-12-13)23-6-8-24(9-7-23)19(25)16-5-4-15(20)11-17(16)22-28(3,26)27/h4-5,10-12,22H,6-9H2,1-3H3. The summed E-state index contributed by atoms with van der Waals surface area (Å²) >= 11 is 3.32. The van der Waals surface area contributed by atoms with E-state index in [0.29, 0.717) is 36.2 Å². The minimum absolute atomic E-state index is 0.188. The molecule has 1 fully saturated rings. The van der Waals surface area contributed by atoms with E-state index in [2.05, 4.69) is 36.6 Å². The van der Waals surface area contributed by atoms with Crippen LogP contribution in [0.1, 0.15) is 21.5 Å². The fraction of sp³-hybridized carbons (Fsp3) is 0.368. The molecule has 2 heterocycles. The largest absolute Gasteiger partial charge is 0.353 e. The zero-order chi connectivity index (χ0) is 20.5. The second kappa shape index (κ2) is 8.08. The first-order valence-electron chi connectivity index (χ1n) is 8.89. The number of hydrogen-bond acceptors (Lipinski definition) is 5. The third-order valence-corrected chi connectivity index (χ3v) is 5.65. The molecule has 1 aliphatic heterocycles. The van der Waals surface area contributed by atoms with Crippen molar-refractivity contribution in [3.8, 4) is 0 Å². The maximum absolute atomic E-state index is 13.0. The Morgan fingerprint density at radius 1 is 1.14 bits per heavy atom. The van der Waals surface area contributed by atoms with E-state index in [1.807, 2.05) is 20.0 Å². The summed E-state index contributed by atoms with van der Waals surface area (Å²) in [4.78, 5) is 21.5. The highest BCUT2D eigenvalue weighted by atomic mass is 79.9. The molecule has 150 valence electrons. The molecule has 3 rings (SSSR count). The molecule has 0 aliphatic carbocycles. The highest BCUT2D eigenvalue weighted by Crippen LogP contribution is 2.25. The Balaban J connectivity index is 1.75. The summed E-state index contributed by atoms with van der Waals surface area (Å²) in [7, 11) is -3.49. The van der Waals surface area contributed by atoms with Crippen molar-refractivity contribution in [3.63, 3.8) is 0 Å². The van der Waals surface area contributed by atoms with Gasteiger partial charge >= 0.3 is 0 Å². The normalized spacial score (nSPS) is 14.9. The predicted octanol–water partition coefficient (Wildman–Crippen LogP) is 2.79. The van der Waals surface area contributed by atoms with Crippen molar-refractivity contribution in [2.45, 2.75) is 13.8 Å². The van der Waals surface area contributed by atoms with Gasteiger partial charge in [-0.15, -0.1) is 0 Å². The molecule has 1 aromatic heterocycles. The molecular formula is C19H23BrN4O3S. The second-order valence-electron chi connectivity index (χ2n) is 7.00. The number of nitrogens with zero attached hydrogens (tertiary/aromatic N) is 3. The Bertz CT molecular complexity index is 1000. The van der Waals surface area contributed by atoms with Crippen LogP contribution in [0.5, 0.6) is 0 Å². The van der Waals surface area contributed by atoms with Crippen LogP contribution in [0, 0.1) is 13.8 Å². The molecule has 1 amide bonds. The molecule has 0 radical (unpaired) electrons. The van der Waals surface area contributed by atoms with Gasteiger partial charge in [0, 0.05) is 36.8 Å². The Labute approximate surface area is 173 Å². The third kappa shape index (κ3) is 4.82. The van der Waals surface area contributed by atoms with Gasteiger partial charge in [0.05, 0.1) is 17.5 Å². The number of piperazine rings is 1. The molecule has 1 aliphatic rings. The summed E-state index contributed by atoms with van der Waals surface area (Å²) in [6.07, 6.45) is 2.92. The van der Waals surface area contributed by atoms with E-state index in [1.165, 1.54) is 0 Å². The lowest BCUT2D eigenvalue weighted by atomic mass is 10.1. The molecule has 0 bridgehead atoms. The van der Waals surface area contributed by atoms with Crippen LogP contribution in [-0.4, -0.2) is 56.6 Å². The number of carbonyl (C=O) groups is 1. The minimum Gasteiger partial charge on any atom is -0.353 e. The van der Waals surface area contributed by atoms with E-state index in [1.54, 1.807) is 23.1 Å². The van der Waals surface area contributed by atoms with Crippen LogP contribution in [0.2, 0.25) is 0 Å². The van der Waals surface area contributed by atoms with Gasteiger partial charge in [-0.2, -0.15) is 0 Å². The minimum atomic E-state index is -3.49. The number of rotatable bonds is 4. The number of anilines is 2. The average molecular weight is 467 g/mol. The lowest BCUT2D eigenvalue weighted by Gasteiger charge is -2.36. The Morgan fingerprint density at radius 2 is 1.82 bits per heavy atom. The SMILES string of the molecule is Cc1cnc(N2CCN(C(=O)c3ccc(Br)cc3NS(C)(=O)=O)CC2)c(C)c1. The molecule has 1 saturated heterocycles. The number of halogens is 1. The molecule has 28 heavy (non-hydrogen) atoms. The van der Waals surface area contributed by atoms with Crippen molar-refractivity contribution in [2.75, 3.05) is 42.1 Å². The van der Waals surface area contributed by atoms with E-state index in [4.69, 9.17) is 0 Å². The predicted molar refractivity (Wildman–Crippen MR) is 114 cm³/mol. The van der Waals surface area contributed by atoms with Crippen LogP contribution in [0.4, 0.5) is 11.5 Å². The summed E-state index contributed by atoms with van der Waals surface area (Å²) in [5, 5.41) is 0. The average Bonchev–Trinajstić information content (AvgIpc) is 2.60. The number of aryl methyl sites for hydroxylation is 2. The molecule has 0 unspecified atom stereocenters. The van der Waals surface area contributed by atoms with Crippen LogP contribution < -0.4 is 9.62 Å². The number of sulfonamides is 1. The zero-order valence-corrected chi connectivity index (χ0v) is 18.5. The maximum Gasteiger partial charge on any atom is 0.256 e. The number of pyridine rings is 1. The van der Waals surface area contributed by atoms with Crippen molar-refractivity contribution in [1.29, 1.82) is 0 Å². The highest BCUT2D eigenvalue weighted by Gasteiger charge is 2.25. The van der Waals surface area contributed by atoms with Crippen LogP contribution in [0.25, 0.3) is 0 Å². The molecule has 1 aromatic carbocycles. The molecule has 1 N–H and O–H groups in total. The number of nitrogens with one attached hydrogen (secondary N) is 1. The first kappa shape index (κ1) is 20.6. The maximum atomic E-state index is 13.0. The summed E-state index contributed by atoms with van der Waals surface area (Å²) in [5.74, 6) is 0.757. The van der Waals surface area contributed by atoms with Gasteiger partial charge in [0.1, 0.15) is 5.82 Å². The number of amides is 1. The molecule has 9 heteroatoms. The molecule has 0 saturated carbocycles. The Morgan fingerprint density at radius 3 is 2.43 bits per heavy atom. The summed E-state index contributed by atoms with van der Waals surface area (Å²) < 4.78 is 26.4. The van der Waals surface area contributed by atoms with Crippen molar-refractivity contribution in [2.24, 2.45) is 0 Å². The van der Waals surface area contributed by atoms with Crippen LogP contribution >= 0.6 is 15.9 Å². The Hall–Kier alpha value is -2.13. The zero-order valence-electron chi connectivity index (χ0n) is 16.1. The fourth-order valence-corrected chi connectivity index (χ4v) is 4.25. The third-order valence-electron chi connectivity index (χ3n) is 4.56. The van der Waals surface area contributed by atoms with Crippen molar-refractivity contribution >= 4 is 43.4 Å².